The minimum atomic E-state index is -4.69. The molecule has 0 aliphatic heterocycles. The van der Waals surface area contributed by atoms with E-state index in [0.29, 0.717) is 6.61 Å². The minimum absolute atomic E-state index is 0.172. The third-order valence-electron chi connectivity index (χ3n) is 9.49. The van der Waals surface area contributed by atoms with Crippen molar-refractivity contribution in [1.29, 1.82) is 0 Å². The lowest BCUT2D eigenvalue weighted by molar-refractivity contribution is -0.274. The minimum Gasteiger partial charge on any atom is -0.494 e. The first-order chi connectivity index (χ1) is 29.0. The Morgan fingerprint density at radius 3 is 1.43 bits per heavy atom. The van der Waals surface area contributed by atoms with Gasteiger partial charge in [-0.3, -0.25) is 9.13 Å². The number of benzene rings is 6. The van der Waals surface area contributed by atoms with Crippen LogP contribution in [0.15, 0.2) is 146 Å². The molecule has 0 aliphatic rings. The molecule has 304 valence electrons. The topological polar surface area (TPSA) is 63.3 Å². The van der Waals surface area contributed by atoms with E-state index >= 15 is 0 Å². The number of nitrogens with zero attached hydrogens (tertiary/aromatic N) is 4. The van der Waals surface area contributed by atoms with Crippen LogP contribution in [0.2, 0.25) is 0 Å². The fraction of sp³-hybridized carbons (Fsp3) is 0.160. The van der Waals surface area contributed by atoms with Crippen LogP contribution < -0.4 is 14.2 Å². The third kappa shape index (κ3) is 10.7. The van der Waals surface area contributed by atoms with Crippen LogP contribution >= 0.6 is 0 Å². The molecule has 0 unspecified atom stereocenters. The summed E-state index contributed by atoms with van der Waals surface area (Å²) in [7, 11) is 0. The van der Waals surface area contributed by atoms with Crippen molar-refractivity contribution in [2.75, 3.05) is 6.61 Å². The largest absolute Gasteiger partial charge is 0.573 e. The summed E-state index contributed by atoms with van der Waals surface area (Å²) in [6, 6.07) is 42.6. The van der Waals surface area contributed by atoms with Crippen LogP contribution in [0.25, 0.3) is 57.7 Å². The number of ether oxygens (including phenoxy) is 3. The quantitative estimate of drug-likeness (QED) is 0.115. The molecule has 0 N–H and O–H groups in total. The molecule has 0 atom stereocenters. The van der Waals surface area contributed by atoms with Crippen molar-refractivity contribution in [2.45, 2.75) is 46.6 Å². The van der Waals surface area contributed by atoms with Crippen molar-refractivity contribution in [1.82, 2.24) is 19.1 Å². The lowest BCUT2D eigenvalue weighted by atomic mass is 10.1. The Bertz CT molecular complexity index is 2700. The van der Waals surface area contributed by atoms with Gasteiger partial charge in [-0.15, -0.1) is 13.2 Å². The van der Waals surface area contributed by atoms with Crippen LogP contribution in [0.1, 0.15) is 55.5 Å². The van der Waals surface area contributed by atoms with E-state index in [2.05, 4.69) is 92.9 Å². The second-order valence-electron chi connectivity index (χ2n) is 14.2. The molecule has 0 radical (unpaired) electrons. The van der Waals surface area contributed by atoms with E-state index in [0.717, 1.165) is 68.1 Å². The second kappa shape index (κ2) is 18.7. The maximum atomic E-state index is 12.2. The molecule has 2 aromatic heterocycles. The van der Waals surface area contributed by atoms with Gasteiger partial charge in [0.1, 0.15) is 29.9 Å². The highest BCUT2D eigenvalue weighted by atomic mass is 19.4. The predicted molar refractivity (Wildman–Crippen MR) is 236 cm³/mol. The van der Waals surface area contributed by atoms with Gasteiger partial charge in [0.2, 0.25) is 0 Å². The molecule has 0 saturated carbocycles. The molecule has 60 heavy (non-hydrogen) atoms. The highest BCUT2D eigenvalue weighted by Crippen LogP contribution is 2.26. The predicted octanol–water partition coefficient (Wildman–Crippen LogP) is 13.0. The standard InChI is InChI=1S/C26H26N2O.C24H19F3N2O2/c1-4-20-5-7-21(8-6-20)9-10-22-11-16-26-25(17-22)27-18-28(26)23-12-14-24(15-13-23)29-19(2)3;1-2-30-20-12-8-19(9-13-20)29-16-28-22-15-18(7-14-23(22)29)4-3-17-5-10-21(11-6-17)31-24(25,26)27/h5-19H,4H2,1-3H3;3-16H,2H2,1H3/b10-9-;4-3+. The van der Waals surface area contributed by atoms with Gasteiger partial charge in [-0.2, -0.15) is 0 Å². The second-order valence-corrected chi connectivity index (χ2v) is 14.2. The number of imidazole rings is 2. The first-order valence-electron chi connectivity index (χ1n) is 19.8. The summed E-state index contributed by atoms with van der Waals surface area (Å²) in [5, 5.41) is 0. The number of rotatable bonds is 12. The van der Waals surface area contributed by atoms with E-state index in [1.807, 2.05) is 98.4 Å². The molecule has 2 heterocycles. The maximum absolute atomic E-state index is 12.2. The summed E-state index contributed by atoms with van der Waals surface area (Å²) in [5.41, 5.74) is 11.3. The Morgan fingerprint density at radius 1 is 0.550 bits per heavy atom. The lowest BCUT2D eigenvalue weighted by Crippen LogP contribution is -2.16. The Labute approximate surface area is 347 Å². The zero-order valence-corrected chi connectivity index (χ0v) is 33.8. The van der Waals surface area contributed by atoms with Gasteiger partial charge in [0.05, 0.1) is 34.8 Å². The summed E-state index contributed by atoms with van der Waals surface area (Å²) in [6.45, 7) is 8.80. The van der Waals surface area contributed by atoms with E-state index in [1.54, 1.807) is 18.5 Å². The average Bonchev–Trinajstić information content (AvgIpc) is 3.87. The van der Waals surface area contributed by atoms with Gasteiger partial charge in [0, 0.05) is 11.4 Å². The first kappa shape index (κ1) is 41.1. The summed E-state index contributed by atoms with van der Waals surface area (Å²) >= 11 is 0. The van der Waals surface area contributed by atoms with Crippen molar-refractivity contribution in [3.63, 3.8) is 0 Å². The van der Waals surface area contributed by atoms with Crippen molar-refractivity contribution in [3.8, 4) is 28.6 Å². The molecule has 7 nitrogen and oxygen atoms in total. The van der Waals surface area contributed by atoms with Gasteiger partial charge in [-0.1, -0.05) is 79.8 Å². The van der Waals surface area contributed by atoms with Gasteiger partial charge in [-0.05, 0) is 140 Å². The van der Waals surface area contributed by atoms with Crippen molar-refractivity contribution in [3.05, 3.63) is 174 Å². The highest BCUT2D eigenvalue weighted by Gasteiger charge is 2.30. The lowest BCUT2D eigenvalue weighted by Gasteiger charge is -2.10. The molecular weight excluding hydrogens is 762 g/mol. The monoisotopic (exact) mass is 806 g/mol. The Hall–Kier alpha value is -7.07. The molecular formula is C50H45F3N4O3. The fourth-order valence-electron chi connectivity index (χ4n) is 6.54. The Balaban J connectivity index is 0.000000182. The summed E-state index contributed by atoms with van der Waals surface area (Å²) in [5.74, 6) is 1.46. The molecule has 0 spiro atoms. The highest BCUT2D eigenvalue weighted by molar-refractivity contribution is 5.83. The van der Waals surface area contributed by atoms with E-state index in [1.165, 1.54) is 23.3 Å². The number of aromatic nitrogens is 4. The zero-order chi connectivity index (χ0) is 42.1. The normalized spacial score (nSPS) is 11.7. The number of hydrogen-bond donors (Lipinski definition) is 0. The first-order valence-corrected chi connectivity index (χ1v) is 19.8. The molecule has 0 saturated heterocycles. The van der Waals surface area contributed by atoms with Crippen LogP contribution in [0.3, 0.4) is 0 Å². The summed E-state index contributed by atoms with van der Waals surface area (Å²) in [6.07, 6.45) is 8.18. The third-order valence-corrected chi connectivity index (χ3v) is 9.49. The molecule has 8 rings (SSSR count). The van der Waals surface area contributed by atoms with E-state index < -0.39 is 6.36 Å². The van der Waals surface area contributed by atoms with Gasteiger partial charge in [0.15, 0.2) is 0 Å². The smallest absolute Gasteiger partial charge is 0.494 e. The van der Waals surface area contributed by atoms with Crippen LogP contribution in [-0.4, -0.2) is 38.2 Å². The average molecular weight is 807 g/mol. The molecule has 0 fully saturated rings. The van der Waals surface area contributed by atoms with Gasteiger partial charge < -0.3 is 14.2 Å². The molecule has 8 aromatic rings. The molecule has 6 aromatic carbocycles. The van der Waals surface area contributed by atoms with Crippen molar-refractivity contribution in [2.24, 2.45) is 0 Å². The Kier molecular flexibility index (Phi) is 12.8. The molecule has 0 amide bonds. The Morgan fingerprint density at radius 2 is 0.983 bits per heavy atom. The fourth-order valence-corrected chi connectivity index (χ4v) is 6.54. The number of alkyl halides is 3. The van der Waals surface area contributed by atoms with Crippen LogP contribution in [0.4, 0.5) is 13.2 Å². The maximum Gasteiger partial charge on any atom is 0.573 e. The number of aryl methyl sites for hydroxylation is 1. The van der Waals surface area contributed by atoms with Gasteiger partial charge in [0.25, 0.3) is 0 Å². The van der Waals surface area contributed by atoms with Crippen molar-refractivity contribution >= 4 is 46.4 Å². The van der Waals surface area contributed by atoms with E-state index in [-0.39, 0.29) is 11.9 Å². The molecule has 0 aliphatic carbocycles. The number of halogens is 3. The van der Waals surface area contributed by atoms with Gasteiger partial charge in [-0.25, -0.2) is 9.97 Å². The van der Waals surface area contributed by atoms with E-state index in [9.17, 15) is 13.2 Å². The SMILES string of the molecule is CCOc1ccc(-n2cnc3cc(/C=C/c4ccc(OC(F)(F)F)cc4)ccc32)cc1.CCc1ccc(/C=C\c2ccc3c(c2)ncn3-c2ccc(OC(C)C)cc2)cc1. The van der Waals surface area contributed by atoms with Gasteiger partial charge >= 0.3 is 6.36 Å². The number of fused-ring (bicyclic) bond motifs is 2. The van der Waals surface area contributed by atoms with Crippen LogP contribution in [0, 0.1) is 0 Å². The van der Waals surface area contributed by atoms with Crippen LogP contribution in [0.5, 0.6) is 17.2 Å². The number of hydrogen-bond acceptors (Lipinski definition) is 5. The zero-order valence-electron chi connectivity index (χ0n) is 33.8. The summed E-state index contributed by atoms with van der Waals surface area (Å²) < 4.78 is 55.9. The van der Waals surface area contributed by atoms with Crippen LogP contribution in [-0.2, 0) is 6.42 Å². The summed E-state index contributed by atoms with van der Waals surface area (Å²) in [4.78, 5) is 9.09. The van der Waals surface area contributed by atoms with E-state index in [4.69, 9.17) is 9.47 Å². The molecule has 10 heteroatoms. The van der Waals surface area contributed by atoms with Crippen molar-refractivity contribution < 1.29 is 27.4 Å². The molecule has 0 bridgehead atoms.